The minimum atomic E-state index is -0.328. The van der Waals surface area contributed by atoms with E-state index in [0.717, 1.165) is 16.9 Å². The van der Waals surface area contributed by atoms with E-state index in [9.17, 15) is 9.18 Å². The zero-order valence-corrected chi connectivity index (χ0v) is 19.4. The maximum Gasteiger partial charge on any atom is 0.234 e. The summed E-state index contributed by atoms with van der Waals surface area (Å²) in [5.41, 5.74) is 3.86. The topological polar surface area (TPSA) is 103 Å². The number of rotatable bonds is 7. The molecule has 11 heteroatoms. The van der Waals surface area contributed by atoms with E-state index in [-0.39, 0.29) is 17.5 Å². The summed E-state index contributed by atoms with van der Waals surface area (Å²) < 4.78 is 16.8. The third kappa shape index (κ3) is 4.94. The van der Waals surface area contributed by atoms with Crippen molar-refractivity contribution < 1.29 is 9.18 Å². The van der Waals surface area contributed by atoms with Gasteiger partial charge < -0.3 is 5.32 Å². The maximum absolute atomic E-state index is 13.5. The lowest BCUT2D eigenvalue weighted by molar-refractivity contribution is -0.113. The lowest BCUT2D eigenvalue weighted by Gasteiger charge is -2.12. The Kier molecular flexibility index (Phi) is 6.31. The number of aryl methyl sites for hydroxylation is 1. The van der Waals surface area contributed by atoms with Crippen molar-refractivity contribution in [2.45, 2.75) is 12.1 Å². The summed E-state index contributed by atoms with van der Waals surface area (Å²) in [6.45, 7) is 1.91. The zero-order chi connectivity index (χ0) is 24.2. The lowest BCUT2D eigenvalue weighted by atomic mass is 10.2. The molecule has 0 saturated heterocycles. The standard InChI is InChI=1S/C24H19FN8OS/c1-16-7-12-20(32-15-26-30-31-32)13-21(16)27-22(34)14-35-24-29-28-23(17-8-10-18(25)11-9-17)33(24)19-5-3-2-4-6-19/h2-13,15H,14H2,1H3,(H,27,34). The van der Waals surface area contributed by atoms with Gasteiger partial charge >= 0.3 is 0 Å². The van der Waals surface area contributed by atoms with E-state index < -0.39 is 0 Å². The molecule has 5 rings (SSSR count). The molecule has 0 bridgehead atoms. The highest BCUT2D eigenvalue weighted by Crippen LogP contribution is 2.28. The molecule has 1 N–H and O–H groups in total. The largest absolute Gasteiger partial charge is 0.325 e. The maximum atomic E-state index is 13.5. The van der Waals surface area contributed by atoms with Gasteiger partial charge in [-0.2, -0.15) is 0 Å². The van der Waals surface area contributed by atoms with Crippen LogP contribution in [0.3, 0.4) is 0 Å². The summed E-state index contributed by atoms with van der Waals surface area (Å²) in [6, 6.07) is 21.2. The van der Waals surface area contributed by atoms with Crippen LogP contribution in [-0.4, -0.2) is 46.6 Å². The number of hydrogen-bond acceptors (Lipinski definition) is 7. The number of thioether (sulfide) groups is 1. The predicted octanol–water partition coefficient (Wildman–Crippen LogP) is 4.09. The van der Waals surface area contributed by atoms with Crippen LogP contribution in [0.5, 0.6) is 0 Å². The van der Waals surface area contributed by atoms with E-state index >= 15 is 0 Å². The van der Waals surface area contributed by atoms with Gasteiger partial charge in [-0.15, -0.1) is 15.3 Å². The summed E-state index contributed by atoms with van der Waals surface area (Å²) in [5.74, 6) is 0.149. The molecule has 3 aromatic carbocycles. The van der Waals surface area contributed by atoms with Crippen molar-refractivity contribution in [1.29, 1.82) is 0 Å². The molecular formula is C24H19FN8OS. The van der Waals surface area contributed by atoms with Gasteiger partial charge in [-0.1, -0.05) is 36.0 Å². The van der Waals surface area contributed by atoms with Gasteiger partial charge in [0.25, 0.3) is 0 Å². The highest BCUT2D eigenvalue weighted by atomic mass is 32.2. The highest BCUT2D eigenvalue weighted by molar-refractivity contribution is 7.99. The third-order valence-corrected chi connectivity index (χ3v) is 6.12. The van der Waals surface area contributed by atoms with Gasteiger partial charge in [-0.3, -0.25) is 9.36 Å². The van der Waals surface area contributed by atoms with Gasteiger partial charge in [0.2, 0.25) is 5.91 Å². The molecule has 0 radical (unpaired) electrons. The molecule has 0 unspecified atom stereocenters. The minimum absolute atomic E-state index is 0.114. The van der Waals surface area contributed by atoms with Gasteiger partial charge in [0.05, 0.1) is 11.4 Å². The van der Waals surface area contributed by atoms with E-state index in [0.29, 0.717) is 22.2 Å². The number of para-hydroxylation sites is 1. The van der Waals surface area contributed by atoms with Crippen molar-refractivity contribution in [2.24, 2.45) is 0 Å². The van der Waals surface area contributed by atoms with E-state index in [1.807, 2.05) is 60.0 Å². The van der Waals surface area contributed by atoms with E-state index in [1.54, 1.807) is 12.1 Å². The van der Waals surface area contributed by atoms with Crippen LogP contribution in [0.25, 0.3) is 22.8 Å². The normalized spacial score (nSPS) is 10.9. The molecule has 0 fully saturated rings. The van der Waals surface area contributed by atoms with Crippen molar-refractivity contribution in [3.63, 3.8) is 0 Å². The molecule has 2 heterocycles. The molecule has 5 aromatic rings. The second-order valence-electron chi connectivity index (χ2n) is 7.57. The fraction of sp³-hybridized carbons (Fsp3) is 0.0833. The van der Waals surface area contributed by atoms with Gasteiger partial charge in [-0.25, -0.2) is 9.07 Å². The number of nitrogens with zero attached hydrogens (tertiary/aromatic N) is 7. The quantitative estimate of drug-likeness (QED) is 0.346. The number of anilines is 1. The van der Waals surface area contributed by atoms with Crippen molar-refractivity contribution in [2.75, 3.05) is 11.1 Å². The number of aromatic nitrogens is 7. The second-order valence-corrected chi connectivity index (χ2v) is 8.52. The molecule has 0 aliphatic heterocycles. The van der Waals surface area contributed by atoms with Crippen LogP contribution < -0.4 is 5.32 Å². The fourth-order valence-corrected chi connectivity index (χ4v) is 4.19. The number of amides is 1. The Bertz CT molecular complexity index is 1450. The first-order chi connectivity index (χ1) is 17.1. The molecule has 174 valence electrons. The van der Waals surface area contributed by atoms with Crippen molar-refractivity contribution in [1.82, 2.24) is 35.0 Å². The van der Waals surface area contributed by atoms with Gasteiger partial charge in [0.1, 0.15) is 12.1 Å². The Balaban J connectivity index is 1.37. The van der Waals surface area contributed by atoms with E-state index in [1.165, 1.54) is 34.9 Å². The molecule has 0 spiro atoms. The van der Waals surface area contributed by atoms with Crippen LogP contribution in [0.2, 0.25) is 0 Å². The predicted molar refractivity (Wildman–Crippen MR) is 130 cm³/mol. The molecule has 1 amide bonds. The summed E-state index contributed by atoms with van der Waals surface area (Å²) >= 11 is 1.26. The smallest absolute Gasteiger partial charge is 0.234 e. The van der Waals surface area contributed by atoms with Crippen molar-refractivity contribution in [3.05, 3.63) is 90.5 Å². The molecule has 35 heavy (non-hydrogen) atoms. The monoisotopic (exact) mass is 486 g/mol. The number of nitrogens with one attached hydrogen (secondary N) is 1. The average Bonchev–Trinajstić information content (AvgIpc) is 3.56. The Morgan fingerprint density at radius 1 is 1.00 bits per heavy atom. The number of tetrazole rings is 1. The summed E-state index contributed by atoms with van der Waals surface area (Å²) in [6.07, 6.45) is 1.49. The van der Waals surface area contributed by atoms with Gasteiger partial charge in [-0.05, 0) is 71.4 Å². The third-order valence-electron chi connectivity index (χ3n) is 5.19. The van der Waals surface area contributed by atoms with Gasteiger partial charge in [0, 0.05) is 16.9 Å². The molecule has 0 atom stereocenters. The van der Waals surface area contributed by atoms with Crippen LogP contribution in [0.4, 0.5) is 10.1 Å². The van der Waals surface area contributed by atoms with E-state index in [4.69, 9.17) is 0 Å². The number of carbonyl (C=O) groups excluding carboxylic acids is 1. The Labute approximate surface area is 204 Å². The average molecular weight is 487 g/mol. The molecule has 0 aliphatic rings. The van der Waals surface area contributed by atoms with Crippen molar-refractivity contribution >= 4 is 23.4 Å². The number of carbonyl (C=O) groups is 1. The zero-order valence-electron chi connectivity index (χ0n) is 18.5. The lowest BCUT2D eigenvalue weighted by Crippen LogP contribution is -2.15. The SMILES string of the molecule is Cc1ccc(-n2cnnn2)cc1NC(=O)CSc1nnc(-c2ccc(F)cc2)n1-c1ccccc1. The summed E-state index contributed by atoms with van der Waals surface area (Å²) in [5, 5.41) is 23.3. The van der Waals surface area contributed by atoms with Crippen molar-refractivity contribution in [3.8, 4) is 22.8 Å². The van der Waals surface area contributed by atoms with Crippen LogP contribution in [0.1, 0.15) is 5.56 Å². The van der Waals surface area contributed by atoms with E-state index in [2.05, 4.69) is 31.0 Å². The first-order valence-corrected chi connectivity index (χ1v) is 11.6. The molecule has 9 nitrogen and oxygen atoms in total. The number of halogens is 1. The molecule has 2 aromatic heterocycles. The molecular weight excluding hydrogens is 467 g/mol. The Morgan fingerprint density at radius 3 is 2.54 bits per heavy atom. The number of benzene rings is 3. The van der Waals surface area contributed by atoms with Crippen LogP contribution >= 0.6 is 11.8 Å². The first kappa shape index (κ1) is 22.4. The Morgan fingerprint density at radius 2 is 1.80 bits per heavy atom. The Hall–Kier alpha value is -4.38. The number of hydrogen-bond donors (Lipinski definition) is 1. The molecule has 0 aliphatic carbocycles. The summed E-state index contributed by atoms with van der Waals surface area (Å²) in [4.78, 5) is 12.8. The summed E-state index contributed by atoms with van der Waals surface area (Å²) in [7, 11) is 0. The second kappa shape index (κ2) is 9.85. The van der Waals surface area contributed by atoms with Crippen LogP contribution in [0, 0.1) is 12.7 Å². The minimum Gasteiger partial charge on any atom is -0.325 e. The fourth-order valence-electron chi connectivity index (χ4n) is 3.44. The van der Waals surface area contributed by atoms with Crippen LogP contribution in [-0.2, 0) is 4.79 Å². The van der Waals surface area contributed by atoms with Gasteiger partial charge in [0.15, 0.2) is 11.0 Å². The first-order valence-electron chi connectivity index (χ1n) is 10.6. The van der Waals surface area contributed by atoms with Crippen LogP contribution in [0.15, 0.2) is 84.3 Å². The highest BCUT2D eigenvalue weighted by Gasteiger charge is 2.18. The molecule has 0 saturated carbocycles.